The normalized spacial score (nSPS) is 26.0. The molecule has 0 aliphatic carbocycles. The fourth-order valence-corrected chi connectivity index (χ4v) is 3.05. The number of hydrogen-bond donors (Lipinski definition) is 1. The van der Waals surface area contributed by atoms with Crippen LogP contribution in [-0.2, 0) is 4.74 Å². The van der Waals surface area contributed by atoms with Gasteiger partial charge in [-0.1, -0.05) is 24.9 Å². The van der Waals surface area contributed by atoms with E-state index in [0.717, 1.165) is 29.4 Å². The minimum absolute atomic E-state index is 0.164. The first-order chi connectivity index (χ1) is 9.58. The highest BCUT2D eigenvalue weighted by Gasteiger charge is 2.37. The molecule has 0 amide bonds. The van der Waals surface area contributed by atoms with E-state index in [1.165, 1.54) is 0 Å². The first-order valence-corrected chi connectivity index (χ1v) is 8.02. The van der Waals surface area contributed by atoms with Crippen LogP contribution in [0.4, 0.5) is 5.69 Å². The molecule has 0 aromatic heterocycles. The lowest BCUT2D eigenvalue weighted by atomic mass is 9.86. The van der Waals surface area contributed by atoms with Crippen molar-refractivity contribution in [2.45, 2.75) is 44.2 Å². The van der Waals surface area contributed by atoms with Crippen molar-refractivity contribution in [1.82, 2.24) is 0 Å². The van der Waals surface area contributed by atoms with Gasteiger partial charge in [-0.15, -0.1) is 0 Å². The van der Waals surface area contributed by atoms with Crippen molar-refractivity contribution >= 4 is 33.2 Å². The smallest absolute Gasteiger partial charge is 0.130 e. The molecule has 2 unspecified atom stereocenters. The molecule has 1 aliphatic heterocycles. The Hall–Kier alpha value is -0.760. The lowest BCUT2D eigenvalue weighted by molar-refractivity contribution is -0.00613. The number of ether oxygens (including phenoxy) is 1. The molecule has 1 heterocycles. The van der Waals surface area contributed by atoms with Gasteiger partial charge in [0.05, 0.1) is 23.8 Å². The molecule has 20 heavy (non-hydrogen) atoms. The van der Waals surface area contributed by atoms with Crippen LogP contribution in [0.1, 0.15) is 32.6 Å². The maximum absolute atomic E-state index is 9.61. The summed E-state index contributed by atoms with van der Waals surface area (Å²) < 4.78 is 6.56. The van der Waals surface area contributed by atoms with Gasteiger partial charge in [-0.05, 0) is 40.5 Å². The zero-order valence-electron chi connectivity index (χ0n) is 11.5. The summed E-state index contributed by atoms with van der Waals surface area (Å²) in [5.74, 6) is 0. The molecule has 0 spiro atoms. The Morgan fingerprint density at radius 1 is 1.60 bits per heavy atom. The summed E-state index contributed by atoms with van der Waals surface area (Å²) in [6, 6.07) is 8.08. The van der Waals surface area contributed by atoms with Gasteiger partial charge in [0, 0.05) is 23.0 Å². The molecular formula is C15H18BrClN2O. The highest BCUT2D eigenvalue weighted by Crippen LogP contribution is 2.32. The first-order valence-electron chi connectivity index (χ1n) is 6.84. The molecule has 0 radical (unpaired) electrons. The molecule has 5 heteroatoms. The van der Waals surface area contributed by atoms with Crippen LogP contribution in [0, 0.1) is 11.3 Å². The molecule has 2 rings (SSSR count). The van der Waals surface area contributed by atoms with Crippen molar-refractivity contribution in [3.05, 3.63) is 27.7 Å². The van der Waals surface area contributed by atoms with Crippen LogP contribution in [0.5, 0.6) is 0 Å². The number of nitrogens with one attached hydrogen (secondary N) is 1. The molecule has 2 atom stereocenters. The summed E-state index contributed by atoms with van der Waals surface area (Å²) in [5.41, 5.74) is 0.353. The molecule has 108 valence electrons. The van der Waals surface area contributed by atoms with Crippen molar-refractivity contribution in [3.63, 3.8) is 0 Å². The van der Waals surface area contributed by atoms with Crippen LogP contribution in [0.25, 0.3) is 0 Å². The topological polar surface area (TPSA) is 45.0 Å². The lowest BCUT2D eigenvalue weighted by Gasteiger charge is -2.37. The molecule has 1 aromatic rings. The summed E-state index contributed by atoms with van der Waals surface area (Å²) >= 11 is 9.40. The summed E-state index contributed by atoms with van der Waals surface area (Å²) in [5, 5.41) is 13.6. The van der Waals surface area contributed by atoms with Crippen LogP contribution in [0.3, 0.4) is 0 Å². The van der Waals surface area contributed by atoms with E-state index >= 15 is 0 Å². The quantitative estimate of drug-likeness (QED) is 0.845. The average Bonchev–Trinajstić information content (AvgIpc) is 2.44. The number of nitriles is 1. The fourth-order valence-electron chi connectivity index (χ4n) is 2.55. The van der Waals surface area contributed by atoms with Gasteiger partial charge in [0.25, 0.3) is 0 Å². The third-order valence-corrected chi connectivity index (χ3v) is 4.80. The zero-order valence-corrected chi connectivity index (χ0v) is 13.8. The molecular weight excluding hydrogens is 340 g/mol. The largest absolute Gasteiger partial charge is 0.378 e. The molecule has 1 aliphatic rings. The van der Waals surface area contributed by atoms with Crippen LogP contribution in [-0.4, -0.2) is 18.2 Å². The van der Waals surface area contributed by atoms with E-state index in [-0.39, 0.29) is 6.10 Å². The second-order valence-electron chi connectivity index (χ2n) is 5.18. The van der Waals surface area contributed by atoms with E-state index in [9.17, 15) is 5.26 Å². The summed E-state index contributed by atoms with van der Waals surface area (Å²) in [6.07, 6.45) is 3.65. The number of benzene rings is 1. The van der Waals surface area contributed by atoms with Gasteiger partial charge in [-0.25, -0.2) is 0 Å². The van der Waals surface area contributed by atoms with Crippen LogP contribution >= 0.6 is 27.5 Å². The second kappa shape index (κ2) is 6.80. The van der Waals surface area contributed by atoms with Crippen LogP contribution in [0.2, 0.25) is 5.02 Å². The molecule has 3 nitrogen and oxygen atoms in total. The van der Waals surface area contributed by atoms with Gasteiger partial charge >= 0.3 is 0 Å². The van der Waals surface area contributed by atoms with Crippen molar-refractivity contribution in [2.75, 3.05) is 11.9 Å². The van der Waals surface area contributed by atoms with Crippen LogP contribution in [0.15, 0.2) is 22.7 Å². The van der Waals surface area contributed by atoms with Gasteiger partial charge in [0.1, 0.15) is 5.54 Å². The molecule has 1 fully saturated rings. The third kappa shape index (κ3) is 3.66. The van der Waals surface area contributed by atoms with E-state index in [4.69, 9.17) is 16.3 Å². The Morgan fingerprint density at radius 3 is 3.05 bits per heavy atom. The fraction of sp³-hybridized carbons (Fsp3) is 0.533. The Bertz CT molecular complexity index is 515. The van der Waals surface area contributed by atoms with E-state index in [1.54, 1.807) is 0 Å². The Labute approximate surface area is 133 Å². The van der Waals surface area contributed by atoms with Gasteiger partial charge in [0.2, 0.25) is 0 Å². The third-order valence-electron chi connectivity index (χ3n) is 3.59. The molecule has 1 saturated heterocycles. The highest BCUT2D eigenvalue weighted by atomic mass is 79.9. The molecule has 1 N–H and O–H groups in total. The van der Waals surface area contributed by atoms with Crippen LogP contribution < -0.4 is 5.32 Å². The Balaban J connectivity index is 2.14. The lowest BCUT2D eigenvalue weighted by Crippen LogP contribution is -2.45. The van der Waals surface area contributed by atoms with Crippen molar-refractivity contribution in [2.24, 2.45) is 0 Å². The molecule has 1 aromatic carbocycles. The van der Waals surface area contributed by atoms with E-state index < -0.39 is 5.54 Å². The molecule has 0 saturated carbocycles. The zero-order chi connectivity index (χ0) is 14.6. The summed E-state index contributed by atoms with van der Waals surface area (Å²) in [4.78, 5) is 0. The Kier molecular flexibility index (Phi) is 5.31. The van der Waals surface area contributed by atoms with E-state index in [0.29, 0.717) is 18.1 Å². The molecule has 0 bridgehead atoms. The maximum Gasteiger partial charge on any atom is 0.130 e. The number of anilines is 1. The average molecular weight is 358 g/mol. The van der Waals surface area contributed by atoms with Gasteiger partial charge in [-0.2, -0.15) is 5.26 Å². The van der Waals surface area contributed by atoms with Gasteiger partial charge in [0.15, 0.2) is 0 Å². The van der Waals surface area contributed by atoms with Gasteiger partial charge in [-0.3, -0.25) is 0 Å². The van der Waals surface area contributed by atoms with E-state index in [1.807, 2.05) is 18.2 Å². The SMILES string of the molecule is CCCC1CC(C#N)(Nc2ccc(Cl)c(Br)c2)CCO1. The monoisotopic (exact) mass is 356 g/mol. The summed E-state index contributed by atoms with van der Waals surface area (Å²) in [6.45, 7) is 2.76. The minimum atomic E-state index is -0.550. The number of halogens is 2. The number of nitrogens with zero attached hydrogens (tertiary/aromatic N) is 1. The standard InChI is InChI=1S/C15H18BrClN2O/c1-2-3-12-9-15(10-18,6-7-20-12)19-11-4-5-14(17)13(16)8-11/h4-5,8,12,19H,2-3,6-7,9H2,1H3. The predicted octanol–water partition coefficient (Wildman–Crippen LogP) is 4.76. The maximum atomic E-state index is 9.61. The first kappa shape index (κ1) is 15.6. The predicted molar refractivity (Wildman–Crippen MR) is 85.0 cm³/mol. The van der Waals surface area contributed by atoms with Crippen molar-refractivity contribution in [1.29, 1.82) is 5.26 Å². The number of rotatable bonds is 4. The number of hydrogen-bond acceptors (Lipinski definition) is 3. The summed E-state index contributed by atoms with van der Waals surface area (Å²) in [7, 11) is 0. The second-order valence-corrected chi connectivity index (χ2v) is 6.44. The van der Waals surface area contributed by atoms with E-state index in [2.05, 4.69) is 34.2 Å². The minimum Gasteiger partial charge on any atom is -0.378 e. The van der Waals surface area contributed by atoms with Crippen molar-refractivity contribution < 1.29 is 4.74 Å². The van der Waals surface area contributed by atoms with Crippen molar-refractivity contribution in [3.8, 4) is 6.07 Å². The Morgan fingerprint density at radius 2 is 2.40 bits per heavy atom. The highest BCUT2D eigenvalue weighted by molar-refractivity contribution is 9.10. The van der Waals surface area contributed by atoms with Gasteiger partial charge < -0.3 is 10.1 Å².